The molecule has 2 aromatic carbocycles. The fourth-order valence-electron chi connectivity index (χ4n) is 3.06. The largest absolute Gasteiger partial charge is 0.494 e. The average molecular weight is 363 g/mol. The Morgan fingerprint density at radius 1 is 0.963 bits per heavy atom. The van der Waals surface area contributed by atoms with E-state index in [-0.39, 0.29) is 0 Å². The van der Waals surface area contributed by atoms with Gasteiger partial charge in [-0.05, 0) is 55.7 Å². The molecule has 5 heteroatoms. The van der Waals surface area contributed by atoms with Gasteiger partial charge in [0.05, 0.1) is 6.61 Å². The number of H-pyrrole nitrogens is 1. The molecule has 0 aliphatic carbocycles. The fourth-order valence-corrected chi connectivity index (χ4v) is 3.06. The topological polar surface area (TPSA) is 67.9 Å². The van der Waals surface area contributed by atoms with Gasteiger partial charge in [0.1, 0.15) is 11.6 Å². The monoisotopic (exact) mass is 363 g/mol. The second kappa shape index (κ2) is 8.62. The molecule has 0 aliphatic rings. The molecule has 140 valence electrons. The maximum Gasteiger partial charge on any atom is 0.348 e. The highest BCUT2D eigenvalue weighted by atomic mass is 16.5. The van der Waals surface area contributed by atoms with Crippen LogP contribution in [0.4, 0.5) is 0 Å². The number of aromatic nitrogens is 3. The van der Waals surface area contributed by atoms with Crippen molar-refractivity contribution in [3.63, 3.8) is 0 Å². The van der Waals surface area contributed by atoms with Crippen LogP contribution in [0.25, 0.3) is 22.8 Å². The highest BCUT2D eigenvalue weighted by molar-refractivity contribution is 5.66. The van der Waals surface area contributed by atoms with E-state index in [0.717, 1.165) is 34.4 Å². The van der Waals surface area contributed by atoms with Crippen LogP contribution >= 0.6 is 0 Å². The maximum atomic E-state index is 12.1. The van der Waals surface area contributed by atoms with Gasteiger partial charge in [-0.25, -0.2) is 9.78 Å². The summed E-state index contributed by atoms with van der Waals surface area (Å²) in [5.74, 6) is 1.77. The van der Waals surface area contributed by atoms with Crippen molar-refractivity contribution in [3.8, 4) is 28.5 Å². The molecule has 3 rings (SSSR count). The number of hydrogen-bond acceptors (Lipinski definition) is 4. The van der Waals surface area contributed by atoms with Crippen molar-refractivity contribution in [2.45, 2.75) is 40.0 Å². The lowest BCUT2D eigenvalue weighted by Crippen LogP contribution is -2.15. The highest BCUT2D eigenvalue weighted by Crippen LogP contribution is 2.25. The third-order valence-electron chi connectivity index (χ3n) is 4.50. The molecule has 27 heavy (non-hydrogen) atoms. The van der Waals surface area contributed by atoms with Crippen LogP contribution in [0.3, 0.4) is 0 Å². The molecule has 0 aliphatic heterocycles. The van der Waals surface area contributed by atoms with Gasteiger partial charge < -0.3 is 4.74 Å². The second-order valence-corrected chi connectivity index (χ2v) is 6.67. The maximum absolute atomic E-state index is 12.1. The zero-order valence-corrected chi connectivity index (χ0v) is 16.1. The Morgan fingerprint density at radius 3 is 2.33 bits per heavy atom. The standard InChI is InChI=1S/C22H25N3O2/c1-4-5-6-14-27-18-12-10-17(11-13-18)20-23-21(25-22(26)24-20)19-15(2)8-7-9-16(19)3/h7-13H,4-6,14H2,1-3H3,(H,23,24,25,26). The molecule has 0 spiro atoms. The Hall–Kier alpha value is -2.95. The number of unbranched alkanes of at least 4 members (excludes halogenated alkanes) is 2. The number of nitrogens with zero attached hydrogens (tertiary/aromatic N) is 2. The molecule has 0 atom stereocenters. The molecule has 0 radical (unpaired) electrons. The van der Waals surface area contributed by atoms with Gasteiger partial charge in [-0.2, -0.15) is 4.98 Å². The normalized spacial score (nSPS) is 10.8. The number of benzene rings is 2. The van der Waals surface area contributed by atoms with Crippen molar-refractivity contribution in [1.82, 2.24) is 15.0 Å². The van der Waals surface area contributed by atoms with E-state index in [2.05, 4.69) is 21.9 Å². The zero-order chi connectivity index (χ0) is 19.2. The molecule has 0 amide bonds. The highest BCUT2D eigenvalue weighted by Gasteiger charge is 2.11. The van der Waals surface area contributed by atoms with Crippen molar-refractivity contribution in [3.05, 3.63) is 64.1 Å². The minimum absolute atomic E-state index is 0.405. The summed E-state index contributed by atoms with van der Waals surface area (Å²) < 4.78 is 5.74. The first-order chi connectivity index (χ1) is 13.1. The van der Waals surface area contributed by atoms with Gasteiger partial charge in [0.25, 0.3) is 0 Å². The molecule has 1 aromatic heterocycles. The van der Waals surface area contributed by atoms with Crippen LogP contribution in [0.2, 0.25) is 0 Å². The molecule has 0 unspecified atom stereocenters. The van der Waals surface area contributed by atoms with Gasteiger partial charge >= 0.3 is 5.69 Å². The third-order valence-corrected chi connectivity index (χ3v) is 4.50. The second-order valence-electron chi connectivity index (χ2n) is 6.67. The van der Waals surface area contributed by atoms with Crippen molar-refractivity contribution in [1.29, 1.82) is 0 Å². The number of ether oxygens (including phenoxy) is 1. The van der Waals surface area contributed by atoms with Gasteiger partial charge in [0.15, 0.2) is 5.82 Å². The predicted molar refractivity (Wildman–Crippen MR) is 108 cm³/mol. The summed E-state index contributed by atoms with van der Waals surface area (Å²) >= 11 is 0. The Bertz CT molecular complexity index is 942. The minimum Gasteiger partial charge on any atom is -0.494 e. The summed E-state index contributed by atoms with van der Waals surface area (Å²) in [6.07, 6.45) is 3.39. The Morgan fingerprint density at radius 2 is 1.67 bits per heavy atom. The van der Waals surface area contributed by atoms with Crippen LogP contribution in [0, 0.1) is 13.8 Å². The van der Waals surface area contributed by atoms with E-state index in [1.807, 2.05) is 56.3 Å². The van der Waals surface area contributed by atoms with Crippen LogP contribution in [-0.2, 0) is 0 Å². The summed E-state index contributed by atoms with van der Waals surface area (Å²) in [4.78, 5) is 23.5. The lowest BCUT2D eigenvalue weighted by molar-refractivity contribution is 0.306. The van der Waals surface area contributed by atoms with Crippen molar-refractivity contribution in [2.24, 2.45) is 0 Å². The van der Waals surface area contributed by atoms with Crippen LogP contribution in [0.5, 0.6) is 5.75 Å². The summed E-state index contributed by atoms with van der Waals surface area (Å²) in [5, 5.41) is 0. The first kappa shape index (κ1) is 18.8. The molecular weight excluding hydrogens is 338 g/mol. The molecule has 0 fully saturated rings. The van der Waals surface area contributed by atoms with Gasteiger partial charge in [0, 0.05) is 11.1 Å². The molecule has 5 nitrogen and oxygen atoms in total. The van der Waals surface area contributed by atoms with Crippen LogP contribution < -0.4 is 10.4 Å². The fraction of sp³-hybridized carbons (Fsp3) is 0.318. The first-order valence-electron chi connectivity index (χ1n) is 9.36. The van der Waals surface area contributed by atoms with E-state index in [4.69, 9.17) is 4.74 Å². The Labute approximate surface area is 159 Å². The summed E-state index contributed by atoms with van der Waals surface area (Å²) in [6.45, 7) is 6.90. The van der Waals surface area contributed by atoms with E-state index in [1.165, 1.54) is 12.8 Å². The summed E-state index contributed by atoms with van der Waals surface area (Å²) in [5.41, 5.74) is 3.44. The van der Waals surface area contributed by atoms with E-state index < -0.39 is 5.69 Å². The van der Waals surface area contributed by atoms with Crippen LogP contribution in [-0.4, -0.2) is 21.6 Å². The molecule has 1 N–H and O–H groups in total. The number of nitrogens with one attached hydrogen (secondary N) is 1. The van der Waals surface area contributed by atoms with Gasteiger partial charge in [-0.1, -0.05) is 38.0 Å². The summed E-state index contributed by atoms with van der Waals surface area (Å²) in [6, 6.07) is 13.6. The molecule has 0 bridgehead atoms. The lowest BCUT2D eigenvalue weighted by Gasteiger charge is -2.10. The van der Waals surface area contributed by atoms with Crippen LogP contribution in [0.1, 0.15) is 37.3 Å². The van der Waals surface area contributed by atoms with E-state index in [0.29, 0.717) is 18.3 Å². The van der Waals surface area contributed by atoms with Crippen LogP contribution in [0.15, 0.2) is 47.3 Å². The molecule has 3 aromatic rings. The van der Waals surface area contributed by atoms with Gasteiger partial charge in [0.2, 0.25) is 0 Å². The van der Waals surface area contributed by atoms with E-state index in [1.54, 1.807) is 0 Å². The van der Waals surface area contributed by atoms with Crippen molar-refractivity contribution in [2.75, 3.05) is 6.61 Å². The Kier molecular flexibility index (Phi) is 6.01. The quantitative estimate of drug-likeness (QED) is 0.619. The van der Waals surface area contributed by atoms with Crippen molar-refractivity contribution < 1.29 is 4.74 Å². The minimum atomic E-state index is -0.405. The number of hydrogen-bond donors (Lipinski definition) is 1. The molecule has 1 heterocycles. The number of rotatable bonds is 7. The Balaban J connectivity index is 1.87. The summed E-state index contributed by atoms with van der Waals surface area (Å²) in [7, 11) is 0. The van der Waals surface area contributed by atoms with E-state index >= 15 is 0 Å². The lowest BCUT2D eigenvalue weighted by atomic mass is 10.0. The molecule has 0 saturated heterocycles. The van der Waals surface area contributed by atoms with Gasteiger partial charge in [-0.3, -0.25) is 4.98 Å². The third kappa shape index (κ3) is 4.61. The average Bonchev–Trinajstić information content (AvgIpc) is 2.65. The zero-order valence-electron chi connectivity index (χ0n) is 16.1. The first-order valence-corrected chi connectivity index (χ1v) is 9.36. The number of aryl methyl sites for hydroxylation is 2. The molecule has 0 saturated carbocycles. The van der Waals surface area contributed by atoms with E-state index in [9.17, 15) is 4.79 Å². The number of aromatic amines is 1. The molecular formula is C22H25N3O2. The smallest absolute Gasteiger partial charge is 0.348 e. The van der Waals surface area contributed by atoms with Crippen molar-refractivity contribution >= 4 is 0 Å². The predicted octanol–water partition coefficient (Wildman–Crippen LogP) is 4.68. The van der Waals surface area contributed by atoms with Gasteiger partial charge in [-0.15, -0.1) is 0 Å². The SMILES string of the molecule is CCCCCOc1ccc(-c2nc(-c3c(C)cccc3C)[nH]c(=O)n2)cc1.